The molecule has 3 rings (SSSR count). The van der Waals surface area contributed by atoms with E-state index in [-0.39, 0.29) is 34.1 Å². The summed E-state index contributed by atoms with van der Waals surface area (Å²) in [5.74, 6) is -2.25. The molecular weight excluding hydrogens is 585 g/mol. The summed E-state index contributed by atoms with van der Waals surface area (Å²) in [6.45, 7) is 0.725. The zero-order valence-corrected chi connectivity index (χ0v) is 23.9. The molecule has 7 nitrogen and oxygen atoms in total. The number of hydrogen-bond donors (Lipinski definition) is 3. The molecule has 230 valence electrons. The topological polar surface area (TPSA) is 96.5 Å². The molecule has 42 heavy (non-hydrogen) atoms. The fourth-order valence-electron chi connectivity index (χ4n) is 4.37. The van der Waals surface area contributed by atoms with Gasteiger partial charge in [0.15, 0.2) is 0 Å². The Morgan fingerprint density at radius 1 is 0.952 bits per heavy atom. The molecular formula is C29H33ClF5N3O4. The van der Waals surface area contributed by atoms with Crippen LogP contribution in [-0.2, 0) is 11.3 Å². The van der Waals surface area contributed by atoms with Crippen molar-refractivity contribution < 1.29 is 41.1 Å². The van der Waals surface area contributed by atoms with E-state index in [1.54, 1.807) is 0 Å². The number of anilines is 1. The van der Waals surface area contributed by atoms with Crippen LogP contribution in [0.3, 0.4) is 0 Å². The summed E-state index contributed by atoms with van der Waals surface area (Å²) in [6, 6.07) is 8.09. The molecule has 0 unspecified atom stereocenters. The minimum absolute atomic E-state index is 0.0283. The van der Waals surface area contributed by atoms with Gasteiger partial charge in [0.2, 0.25) is 5.91 Å². The predicted octanol–water partition coefficient (Wildman–Crippen LogP) is 6.75. The molecule has 1 fully saturated rings. The summed E-state index contributed by atoms with van der Waals surface area (Å²) in [4.78, 5) is 38.2. The molecule has 1 saturated carbocycles. The van der Waals surface area contributed by atoms with Crippen molar-refractivity contribution in [2.45, 2.75) is 65.1 Å². The van der Waals surface area contributed by atoms with Gasteiger partial charge in [0.1, 0.15) is 17.8 Å². The van der Waals surface area contributed by atoms with Gasteiger partial charge in [-0.25, -0.2) is 8.78 Å². The van der Waals surface area contributed by atoms with E-state index in [1.807, 2.05) is 0 Å². The molecule has 3 amide bonds. The molecule has 2 aromatic carbocycles. The van der Waals surface area contributed by atoms with Crippen LogP contribution in [-0.4, -0.2) is 43.5 Å². The third-order valence-corrected chi connectivity index (χ3v) is 7.46. The number of alkyl halides is 5. The van der Waals surface area contributed by atoms with Crippen molar-refractivity contribution in [1.82, 2.24) is 10.6 Å². The quantitative estimate of drug-likeness (QED) is 0.243. The number of amides is 3. The monoisotopic (exact) mass is 617 g/mol. The highest BCUT2D eigenvalue weighted by molar-refractivity contribution is 6.34. The lowest BCUT2D eigenvalue weighted by molar-refractivity contribution is -0.211. The molecule has 13 heteroatoms. The molecule has 1 aliphatic rings. The van der Waals surface area contributed by atoms with Crippen molar-refractivity contribution in [3.8, 4) is 5.75 Å². The Kier molecular flexibility index (Phi) is 11.2. The van der Waals surface area contributed by atoms with Gasteiger partial charge < -0.3 is 20.7 Å². The van der Waals surface area contributed by atoms with Crippen LogP contribution in [0.15, 0.2) is 36.4 Å². The van der Waals surface area contributed by atoms with Crippen LogP contribution < -0.4 is 20.7 Å². The summed E-state index contributed by atoms with van der Waals surface area (Å²) in [7, 11) is 0. The molecule has 0 atom stereocenters. The summed E-state index contributed by atoms with van der Waals surface area (Å²) < 4.78 is 70.2. The number of ether oxygens (including phenoxy) is 1. The summed E-state index contributed by atoms with van der Waals surface area (Å²) in [5.41, 5.74) is -2.24. The van der Waals surface area contributed by atoms with Crippen molar-refractivity contribution in [3.05, 3.63) is 58.1 Å². The van der Waals surface area contributed by atoms with Gasteiger partial charge in [0.05, 0.1) is 16.1 Å². The average molecular weight is 618 g/mol. The Morgan fingerprint density at radius 2 is 1.64 bits per heavy atom. The van der Waals surface area contributed by atoms with Crippen molar-refractivity contribution in [1.29, 1.82) is 0 Å². The minimum atomic E-state index is -4.76. The molecule has 0 heterocycles. The molecule has 0 saturated heterocycles. The van der Waals surface area contributed by atoms with E-state index in [1.165, 1.54) is 36.4 Å². The van der Waals surface area contributed by atoms with Crippen molar-refractivity contribution in [3.63, 3.8) is 0 Å². The van der Waals surface area contributed by atoms with Crippen molar-refractivity contribution in [2.75, 3.05) is 18.5 Å². The Bertz CT molecular complexity index is 1280. The molecule has 1 aliphatic carbocycles. The smallest absolute Gasteiger partial charge is 0.402 e. The van der Waals surface area contributed by atoms with E-state index >= 15 is 0 Å². The van der Waals surface area contributed by atoms with Crippen LogP contribution in [0.25, 0.3) is 0 Å². The van der Waals surface area contributed by atoms with Gasteiger partial charge in [-0.15, -0.1) is 0 Å². The summed E-state index contributed by atoms with van der Waals surface area (Å²) >= 11 is 6.19. The van der Waals surface area contributed by atoms with E-state index in [4.69, 9.17) is 16.3 Å². The SMILES string of the molecule is CC(C)(C(=O)NCc1ccc(Cl)c(C(=O)Nc2ccc(OCC(F)F)c(C(=O)NCC3CCCCC3)c2)c1)C(F)(F)F. The third-order valence-electron chi connectivity index (χ3n) is 7.13. The standard InChI is InChI=1S/C29H33ClF5N3O4/c1-28(2,29(33,34)35)27(41)37-15-18-8-10-22(30)20(12-18)26(40)38-19-9-11-23(42-16-24(31)32)21(13-19)25(39)36-14-17-6-4-3-5-7-17/h8-13,17,24H,3-7,14-16H2,1-2H3,(H,36,39)(H,37,41)(H,38,40). The van der Waals surface area contributed by atoms with E-state index in [0.29, 0.717) is 18.0 Å². The normalized spacial score (nSPS) is 14.4. The average Bonchev–Trinajstić information content (AvgIpc) is 2.94. The zero-order valence-electron chi connectivity index (χ0n) is 23.2. The molecule has 0 radical (unpaired) electrons. The van der Waals surface area contributed by atoms with Crippen LogP contribution in [0.1, 0.15) is 72.2 Å². The van der Waals surface area contributed by atoms with Gasteiger partial charge in [0, 0.05) is 18.8 Å². The fraction of sp³-hybridized carbons (Fsp3) is 0.483. The van der Waals surface area contributed by atoms with Gasteiger partial charge in [0.25, 0.3) is 18.2 Å². The molecule has 3 N–H and O–H groups in total. The van der Waals surface area contributed by atoms with Crippen molar-refractivity contribution in [2.24, 2.45) is 11.3 Å². The Labute approximate surface area is 245 Å². The Balaban J connectivity index is 1.75. The Hall–Kier alpha value is -3.41. The maximum Gasteiger partial charge on any atom is 0.402 e. The van der Waals surface area contributed by atoms with Gasteiger partial charge in [-0.05, 0) is 68.5 Å². The molecule has 0 bridgehead atoms. The van der Waals surface area contributed by atoms with Gasteiger partial charge in [-0.2, -0.15) is 13.2 Å². The second-order valence-electron chi connectivity index (χ2n) is 10.7. The maximum absolute atomic E-state index is 13.2. The van der Waals surface area contributed by atoms with Crippen molar-refractivity contribution >= 4 is 35.0 Å². The molecule has 2 aromatic rings. The Morgan fingerprint density at radius 3 is 2.29 bits per heavy atom. The molecule has 0 spiro atoms. The van der Waals surface area contributed by atoms with Crippen LogP contribution in [0.2, 0.25) is 5.02 Å². The first-order valence-corrected chi connectivity index (χ1v) is 13.8. The maximum atomic E-state index is 13.2. The number of rotatable bonds is 11. The lowest BCUT2D eigenvalue weighted by Crippen LogP contribution is -2.46. The van der Waals surface area contributed by atoms with E-state index in [0.717, 1.165) is 46.0 Å². The second kappa shape index (κ2) is 14.2. The minimum Gasteiger partial charge on any atom is -0.487 e. The highest BCUT2D eigenvalue weighted by Crippen LogP contribution is 2.37. The number of hydrogen-bond acceptors (Lipinski definition) is 4. The summed E-state index contributed by atoms with van der Waals surface area (Å²) in [5, 5.41) is 7.65. The van der Waals surface area contributed by atoms with Crippen LogP contribution in [0.4, 0.5) is 27.6 Å². The molecule has 0 aliphatic heterocycles. The van der Waals surface area contributed by atoms with Crippen LogP contribution in [0.5, 0.6) is 5.75 Å². The second-order valence-corrected chi connectivity index (χ2v) is 11.1. The third kappa shape index (κ3) is 8.80. The number of carbonyl (C=O) groups excluding carboxylic acids is 3. The van der Waals surface area contributed by atoms with Crippen LogP contribution >= 0.6 is 11.6 Å². The highest BCUT2D eigenvalue weighted by Gasteiger charge is 2.52. The zero-order chi connectivity index (χ0) is 31.1. The predicted molar refractivity (Wildman–Crippen MR) is 148 cm³/mol. The largest absolute Gasteiger partial charge is 0.487 e. The number of carbonyl (C=O) groups is 3. The van der Waals surface area contributed by atoms with E-state index in [2.05, 4.69) is 16.0 Å². The van der Waals surface area contributed by atoms with E-state index in [9.17, 15) is 36.3 Å². The lowest BCUT2D eigenvalue weighted by atomic mass is 9.89. The highest BCUT2D eigenvalue weighted by atomic mass is 35.5. The number of nitrogens with one attached hydrogen (secondary N) is 3. The molecule has 0 aromatic heterocycles. The first-order valence-electron chi connectivity index (χ1n) is 13.5. The fourth-order valence-corrected chi connectivity index (χ4v) is 4.58. The van der Waals surface area contributed by atoms with Gasteiger partial charge in [-0.3, -0.25) is 14.4 Å². The van der Waals surface area contributed by atoms with E-state index < -0.39 is 42.3 Å². The first kappa shape index (κ1) is 33.1. The van der Waals surface area contributed by atoms with Gasteiger partial charge in [-0.1, -0.05) is 36.9 Å². The number of halogens is 6. The van der Waals surface area contributed by atoms with Gasteiger partial charge >= 0.3 is 6.18 Å². The van der Waals surface area contributed by atoms with Crippen LogP contribution in [0, 0.1) is 11.3 Å². The lowest BCUT2D eigenvalue weighted by Gasteiger charge is -2.26. The number of benzene rings is 2. The first-order chi connectivity index (χ1) is 19.7. The summed E-state index contributed by atoms with van der Waals surface area (Å²) in [6.07, 6.45) is -2.26.